The quantitative estimate of drug-likeness (QED) is 0.658. The summed E-state index contributed by atoms with van der Waals surface area (Å²) < 4.78 is 0. The average molecular weight is 253 g/mol. The third-order valence-corrected chi connectivity index (χ3v) is 3.18. The SMILES string of the molecule is CC1CN(c2n[nH]c(CCCCO)n2)CC(C)N1. The first-order valence-corrected chi connectivity index (χ1v) is 6.72. The molecule has 1 aliphatic rings. The van der Waals surface area contributed by atoms with E-state index in [2.05, 4.69) is 39.2 Å². The van der Waals surface area contributed by atoms with Crippen LogP contribution in [0.15, 0.2) is 0 Å². The van der Waals surface area contributed by atoms with E-state index in [4.69, 9.17) is 5.11 Å². The van der Waals surface area contributed by atoms with Crippen LogP contribution in [0.4, 0.5) is 5.95 Å². The van der Waals surface area contributed by atoms with Gasteiger partial charge < -0.3 is 15.3 Å². The van der Waals surface area contributed by atoms with Crippen LogP contribution in [0.3, 0.4) is 0 Å². The maximum absolute atomic E-state index is 8.75. The van der Waals surface area contributed by atoms with Crippen molar-refractivity contribution in [2.24, 2.45) is 0 Å². The highest BCUT2D eigenvalue weighted by Crippen LogP contribution is 2.13. The molecular formula is C12H23N5O. The summed E-state index contributed by atoms with van der Waals surface area (Å²) in [6, 6.07) is 0.926. The minimum atomic E-state index is 0.244. The van der Waals surface area contributed by atoms with E-state index < -0.39 is 0 Å². The Morgan fingerprint density at radius 1 is 1.28 bits per heavy atom. The van der Waals surface area contributed by atoms with Crippen molar-refractivity contribution in [1.82, 2.24) is 20.5 Å². The molecule has 3 N–H and O–H groups in total. The van der Waals surface area contributed by atoms with Gasteiger partial charge in [-0.1, -0.05) is 0 Å². The maximum Gasteiger partial charge on any atom is 0.244 e. The number of aryl methyl sites for hydroxylation is 1. The summed E-state index contributed by atoms with van der Waals surface area (Å²) in [5, 5.41) is 19.5. The zero-order valence-electron chi connectivity index (χ0n) is 11.2. The van der Waals surface area contributed by atoms with Crippen molar-refractivity contribution < 1.29 is 5.11 Å². The van der Waals surface area contributed by atoms with Crippen molar-refractivity contribution in [1.29, 1.82) is 0 Å². The van der Waals surface area contributed by atoms with Crippen LogP contribution in [0, 0.1) is 0 Å². The second-order valence-corrected chi connectivity index (χ2v) is 5.14. The van der Waals surface area contributed by atoms with E-state index in [0.29, 0.717) is 12.1 Å². The van der Waals surface area contributed by atoms with Crippen molar-refractivity contribution >= 4 is 5.95 Å². The normalized spacial score (nSPS) is 24.5. The molecule has 1 aromatic heterocycles. The van der Waals surface area contributed by atoms with Gasteiger partial charge in [-0.05, 0) is 26.7 Å². The monoisotopic (exact) mass is 253 g/mol. The van der Waals surface area contributed by atoms with Gasteiger partial charge >= 0.3 is 0 Å². The Labute approximate surface area is 108 Å². The number of aromatic nitrogens is 3. The largest absolute Gasteiger partial charge is 0.396 e. The number of aromatic amines is 1. The lowest BCUT2D eigenvalue weighted by Gasteiger charge is -2.35. The van der Waals surface area contributed by atoms with Gasteiger partial charge in [0.25, 0.3) is 0 Å². The minimum Gasteiger partial charge on any atom is -0.396 e. The lowest BCUT2D eigenvalue weighted by atomic mass is 10.1. The molecule has 0 amide bonds. The molecule has 6 heteroatoms. The molecule has 2 rings (SSSR count). The van der Waals surface area contributed by atoms with Crippen LogP contribution in [-0.2, 0) is 6.42 Å². The lowest BCUT2D eigenvalue weighted by Crippen LogP contribution is -2.54. The van der Waals surface area contributed by atoms with E-state index in [9.17, 15) is 0 Å². The summed E-state index contributed by atoms with van der Waals surface area (Å²) in [5.74, 6) is 1.71. The van der Waals surface area contributed by atoms with Gasteiger partial charge in [0.05, 0.1) is 0 Å². The molecule has 0 spiro atoms. The molecule has 0 aromatic carbocycles. The zero-order valence-corrected chi connectivity index (χ0v) is 11.2. The molecule has 2 heterocycles. The molecule has 0 bridgehead atoms. The highest BCUT2D eigenvalue weighted by Gasteiger charge is 2.23. The predicted molar refractivity (Wildman–Crippen MR) is 70.7 cm³/mol. The Bertz CT molecular complexity index is 357. The van der Waals surface area contributed by atoms with Gasteiger partial charge in [0, 0.05) is 38.2 Å². The van der Waals surface area contributed by atoms with Crippen molar-refractivity contribution in [3.63, 3.8) is 0 Å². The van der Waals surface area contributed by atoms with Crippen LogP contribution in [0.25, 0.3) is 0 Å². The topological polar surface area (TPSA) is 77.1 Å². The maximum atomic E-state index is 8.75. The summed E-state index contributed by atoms with van der Waals surface area (Å²) in [6.07, 6.45) is 2.61. The fraction of sp³-hybridized carbons (Fsp3) is 0.833. The van der Waals surface area contributed by atoms with Crippen molar-refractivity contribution in [2.45, 2.75) is 45.2 Å². The van der Waals surface area contributed by atoms with E-state index in [0.717, 1.165) is 44.1 Å². The van der Waals surface area contributed by atoms with Crippen LogP contribution < -0.4 is 10.2 Å². The second kappa shape index (κ2) is 6.15. The number of hydrogen-bond donors (Lipinski definition) is 3. The summed E-state index contributed by atoms with van der Waals surface area (Å²) >= 11 is 0. The fourth-order valence-electron chi connectivity index (χ4n) is 2.43. The van der Waals surface area contributed by atoms with Gasteiger partial charge in [-0.15, -0.1) is 5.10 Å². The number of aliphatic hydroxyl groups excluding tert-OH is 1. The van der Waals surface area contributed by atoms with Gasteiger partial charge in [0.2, 0.25) is 5.95 Å². The molecule has 0 aliphatic carbocycles. The van der Waals surface area contributed by atoms with Gasteiger partial charge in [-0.3, -0.25) is 5.10 Å². The third-order valence-electron chi connectivity index (χ3n) is 3.18. The number of unbranched alkanes of at least 4 members (excludes halogenated alkanes) is 1. The van der Waals surface area contributed by atoms with Crippen molar-refractivity contribution in [2.75, 3.05) is 24.6 Å². The number of H-pyrrole nitrogens is 1. The summed E-state index contributed by atoms with van der Waals surface area (Å²) in [4.78, 5) is 6.74. The molecule has 1 saturated heterocycles. The molecule has 2 atom stereocenters. The van der Waals surface area contributed by atoms with Crippen LogP contribution >= 0.6 is 0 Å². The summed E-state index contributed by atoms with van der Waals surface area (Å²) in [5.41, 5.74) is 0. The first-order valence-electron chi connectivity index (χ1n) is 6.72. The Kier molecular flexibility index (Phi) is 4.54. The number of nitrogens with zero attached hydrogens (tertiary/aromatic N) is 3. The molecule has 1 aromatic rings. The molecule has 0 radical (unpaired) electrons. The second-order valence-electron chi connectivity index (χ2n) is 5.14. The molecule has 6 nitrogen and oxygen atoms in total. The van der Waals surface area contributed by atoms with Crippen LogP contribution in [-0.4, -0.2) is 52.1 Å². The fourth-order valence-corrected chi connectivity index (χ4v) is 2.43. The average Bonchev–Trinajstić information content (AvgIpc) is 2.77. The minimum absolute atomic E-state index is 0.244. The number of piperazine rings is 1. The molecule has 1 aliphatic heterocycles. The van der Waals surface area contributed by atoms with Crippen LogP contribution in [0.2, 0.25) is 0 Å². The van der Waals surface area contributed by atoms with Gasteiger partial charge in [0.1, 0.15) is 5.82 Å². The molecule has 2 unspecified atom stereocenters. The van der Waals surface area contributed by atoms with Crippen molar-refractivity contribution in [3.8, 4) is 0 Å². The van der Waals surface area contributed by atoms with Gasteiger partial charge in [0.15, 0.2) is 0 Å². The Balaban J connectivity index is 1.92. The van der Waals surface area contributed by atoms with E-state index in [1.807, 2.05) is 0 Å². The summed E-state index contributed by atoms with van der Waals surface area (Å²) in [7, 11) is 0. The van der Waals surface area contributed by atoms with Crippen molar-refractivity contribution in [3.05, 3.63) is 5.82 Å². The smallest absolute Gasteiger partial charge is 0.244 e. The van der Waals surface area contributed by atoms with Gasteiger partial charge in [-0.2, -0.15) is 4.98 Å². The highest BCUT2D eigenvalue weighted by molar-refractivity contribution is 5.30. The predicted octanol–water partition coefficient (Wildman–Crippen LogP) is 0.306. The Morgan fingerprint density at radius 3 is 2.67 bits per heavy atom. The molecule has 1 fully saturated rings. The number of aliphatic hydroxyl groups is 1. The number of hydrogen-bond acceptors (Lipinski definition) is 5. The molecular weight excluding hydrogens is 230 g/mol. The molecule has 0 saturated carbocycles. The molecule has 18 heavy (non-hydrogen) atoms. The number of nitrogens with one attached hydrogen (secondary N) is 2. The zero-order chi connectivity index (χ0) is 13.0. The third kappa shape index (κ3) is 3.43. The van der Waals surface area contributed by atoms with E-state index in [1.54, 1.807) is 0 Å². The molecule has 102 valence electrons. The van der Waals surface area contributed by atoms with E-state index >= 15 is 0 Å². The first kappa shape index (κ1) is 13.3. The van der Waals surface area contributed by atoms with E-state index in [1.165, 1.54) is 0 Å². The first-order chi connectivity index (χ1) is 8.69. The number of rotatable bonds is 5. The summed E-state index contributed by atoms with van der Waals surface area (Å²) in [6.45, 7) is 6.49. The van der Waals surface area contributed by atoms with Crippen LogP contribution in [0.1, 0.15) is 32.5 Å². The Hall–Kier alpha value is -1.14. The van der Waals surface area contributed by atoms with E-state index in [-0.39, 0.29) is 6.61 Å². The Morgan fingerprint density at radius 2 is 2.00 bits per heavy atom. The highest BCUT2D eigenvalue weighted by atomic mass is 16.2. The standard InChI is InChI=1S/C12H23N5O/c1-9-7-17(8-10(2)13-9)12-14-11(15-16-12)5-3-4-6-18/h9-10,13,18H,3-8H2,1-2H3,(H,14,15,16). The lowest BCUT2D eigenvalue weighted by molar-refractivity contribution is 0.284. The van der Waals surface area contributed by atoms with Crippen LogP contribution in [0.5, 0.6) is 0 Å². The van der Waals surface area contributed by atoms with Gasteiger partial charge in [-0.25, -0.2) is 0 Å². The number of anilines is 1.